The van der Waals surface area contributed by atoms with Crippen LogP contribution in [0.2, 0.25) is 0 Å². The number of benzene rings is 1. The zero-order valence-electron chi connectivity index (χ0n) is 21.2. The molecule has 0 bridgehead atoms. The lowest BCUT2D eigenvalue weighted by atomic mass is 10.0. The van der Waals surface area contributed by atoms with Crippen LogP contribution in [-0.4, -0.2) is 87.9 Å². The third kappa shape index (κ3) is 5.76. The summed E-state index contributed by atoms with van der Waals surface area (Å²) in [5.41, 5.74) is 4.56. The first-order valence-corrected chi connectivity index (χ1v) is 14.1. The van der Waals surface area contributed by atoms with Gasteiger partial charge in [-0.25, -0.2) is 23.1 Å². The number of hydrogen-bond donors (Lipinski definition) is 3. The van der Waals surface area contributed by atoms with Gasteiger partial charge in [0.1, 0.15) is 6.17 Å². The molecule has 3 N–H and O–H groups in total. The fraction of sp³-hybridized carbons (Fsp3) is 0.462. The third-order valence-electron chi connectivity index (χ3n) is 7.29. The van der Waals surface area contributed by atoms with Crippen molar-refractivity contribution < 1.29 is 32.7 Å². The Hall–Kier alpha value is -3.24. The molecule has 0 radical (unpaired) electrons. The van der Waals surface area contributed by atoms with Gasteiger partial charge in [0.15, 0.2) is 14.6 Å². The molecule has 4 rings (SSSR count). The van der Waals surface area contributed by atoms with Crippen molar-refractivity contribution in [3.05, 3.63) is 58.9 Å². The molecule has 12 heteroatoms. The summed E-state index contributed by atoms with van der Waals surface area (Å²) in [5, 5.41) is 18.5. The molecule has 38 heavy (non-hydrogen) atoms. The number of alkyl halides is 1. The van der Waals surface area contributed by atoms with Crippen LogP contribution in [-0.2, 0) is 27.7 Å². The summed E-state index contributed by atoms with van der Waals surface area (Å²) in [5.74, 6) is 5.07. The molecule has 2 aliphatic heterocycles. The number of sulfone groups is 1. The number of likely N-dealkylation sites (tertiary alicyclic amines) is 1. The van der Waals surface area contributed by atoms with Gasteiger partial charge in [-0.3, -0.25) is 19.5 Å². The number of hydrogen-bond acceptors (Lipinski definition) is 7. The zero-order chi connectivity index (χ0) is 27.7. The highest BCUT2D eigenvalue weighted by molar-refractivity contribution is 7.92. The van der Waals surface area contributed by atoms with Crippen molar-refractivity contribution in [2.75, 3.05) is 25.9 Å². The summed E-state index contributed by atoms with van der Waals surface area (Å²) in [6.45, 7) is 2.92. The molecule has 1 fully saturated rings. The maximum atomic E-state index is 13.8. The summed E-state index contributed by atoms with van der Waals surface area (Å²) in [6, 6.07) is 9.07. The van der Waals surface area contributed by atoms with Gasteiger partial charge in [0.25, 0.3) is 5.91 Å². The van der Waals surface area contributed by atoms with Gasteiger partial charge in [0.05, 0.1) is 12.6 Å². The molecule has 10 nitrogen and oxygen atoms in total. The number of aliphatic hydroxyl groups excluding tert-OH is 1. The maximum Gasteiger partial charge on any atom is 0.328 e. The molecular formula is C26H31FN4O6S. The highest BCUT2D eigenvalue weighted by Gasteiger charge is 2.44. The maximum absolute atomic E-state index is 13.8. The largest absolute Gasteiger partial charge is 0.390 e. The molecule has 1 aromatic carbocycles. The van der Waals surface area contributed by atoms with Crippen LogP contribution >= 0.6 is 0 Å². The van der Waals surface area contributed by atoms with Gasteiger partial charge in [-0.2, -0.15) is 0 Å². The average molecular weight is 547 g/mol. The fourth-order valence-electron chi connectivity index (χ4n) is 4.60. The molecule has 2 aliphatic rings. The molecular weight excluding hydrogens is 515 g/mol. The lowest BCUT2D eigenvalue weighted by Gasteiger charge is -2.32. The number of nitrogens with one attached hydrogen (secondary N) is 1. The average Bonchev–Trinajstić information content (AvgIpc) is 3.41. The first-order chi connectivity index (χ1) is 17.9. The van der Waals surface area contributed by atoms with E-state index in [1.165, 1.54) is 21.9 Å². The molecule has 204 valence electrons. The van der Waals surface area contributed by atoms with E-state index in [0.717, 1.165) is 17.4 Å². The number of halogens is 1. The van der Waals surface area contributed by atoms with Crippen molar-refractivity contribution in [2.24, 2.45) is 0 Å². The van der Waals surface area contributed by atoms with E-state index in [-0.39, 0.29) is 32.1 Å². The predicted molar refractivity (Wildman–Crippen MR) is 137 cm³/mol. The molecule has 0 aliphatic carbocycles. The second kappa shape index (κ2) is 10.9. The molecule has 0 saturated carbocycles. The predicted octanol–water partition coefficient (Wildman–Crippen LogP) is 1.28. The standard InChI is InChI=1S/C26H31FN4O6S/c1-26(24(33)28-35,38(2,36)37)10-12-30-16-21-13-20(15-31(21)25(30)34)8-5-18-3-6-19(7-4-18)14-29-11-9-23(32)22(27)17-29/h3-4,6-7,13,15,22-23,32,35H,9-12,14,16-17H2,1-2H3,(H,28,33)/t22-,23+,26?/m1/s1. The van der Waals surface area contributed by atoms with Crippen molar-refractivity contribution in [3.8, 4) is 11.8 Å². The normalized spacial score (nSPS) is 21.4. The molecule has 2 aromatic rings. The third-order valence-corrected chi connectivity index (χ3v) is 9.32. The Morgan fingerprint density at radius 2 is 1.92 bits per heavy atom. The first kappa shape index (κ1) is 27.8. The Morgan fingerprint density at radius 1 is 1.24 bits per heavy atom. The zero-order valence-corrected chi connectivity index (χ0v) is 22.0. The van der Waals surface area contributed by atoms with E-state index < -0.39 is 32.8 Å². The number of carbonyl (C=O) groups excluding carboxylic acids is 2. The van der Waals surface area contributed by atoms with Crippen molar-refractivity contribution in [3.63, 3.8) is 0 Å². The van der Waals surface area contributed by atoms with Crippen LogP contribution < -0.4 is 5.48 Å². The number of piperidine rings is 1. The molecule has 3 heterocycles. The van der Waals surface area contributed by atoms with E-state index in [9.17, 15) is 27.5 Å². The molecule has 0 spiro atoms. The number of aliphatic hydroxyl groups is 1. The fourth-order valence-corrected chi connectivity index (χ4v) is 5.44. The van der Waals surface area contributed by atoms with Crippen LogP contribution in [0.1, 0.15) is 42.1 Å². The number of rotatable bonds is 7. The van der Waals surface area contributed by atoms with Gasteiger partial charge >= 0.3 is 6.03 Å². The lowest BCUT2D eigenvalue weighted by Crippen LogP contribution is -2.50. The second-order valence-corrected chi connectivity index (χ2v) is 12.5. The molecule has 1 saturated heterocycles. The number of aromatic nitrogens is 1. The quantitative estimate of drug-likeness (QED) is 0.271. The van der Waals surface area contributed by atoms with Crippen LogP contribution in [0.25, 0.3) is 0 Å². The molecule has 1 aromatic heterocycles. The van der Waals surface area contributed by atoms with E-state index in [2.05, 4.69) is 11.8 Å². The highest BCUT2D eigenvalue weighted by Crippen LogP contribution is 2.25. The Labute approximate surface area is 220 Å². The van der Waals surface area contributed by atoms with Gasteiger partial charge in [-0.15, -0.1) is 0 Å². The van der Waals surface area contributed by atoms with Crippen molar-refractivity contribution in [1.29, 1.82) is 0 Å². The van der Waals surface area contributed by atoms with E-state index in [4.69, 9.17) is 5.21 Å². The van der Waals surface area contributed by atoms with Crippen molar-refractivity contribution >= 4 is 21.8 Å². The van der Waals surface area contributed by atoms with Crippen LogP contribution in [0.5, 0.6) is 0 Å². The minimum Gasteiger partial charge on any atom is -0.390 e. The molecule has 1 unspecified atom stereocenters. The van der Waals surface area contributed by atoms with E-state index in [0.29, 0.717) is 30.8 Å². The molecule has 3 atom stereocenters. The summed E-state index contributed by atoms with van der Waals surface area (Å²) in [6.07, 6.45) is 0.676. The smallest absolute Gasteiger partial charge is 0.328 e. The van der Waals surface area contributed by atoms with E-state index in [1.54, 1.807) is 12.3 Å². The second-order valence-electron chi connectivity index (χ2n) is 10.0. The van der Waals surface area contributed by atoms with Gasteiger partial charge in [-0.05, 0) is 43.5 Å². The Morgan fingerprint density at radius 3 is 2.53 bits per heavy atom. The van der Waals surface area contributed by atoms with Crippen molar-refractivity contribution in [1.82, 2.24) is 19.8 Å². The summed E-state index contributed by atoms with van der Waals surface area (Å²) in [7, 11) is -3.86. The molecule has 2 amide bonds. The van der Waals surface area contributed by atoms with Crippen LogP contribution in [0.4, 0.5) is 9.18 Å². The van der Waals surface area contributed by atoms with Gasteiger partial charge < -0.3 is 10.0 Å². The number of fused-ring (bicyclic) bond motifs is 1. The summed E-state index contributed by atoms with van der Waals surface area (Å²) >= 11 is 0. The van der Waals surface area contributed by atoms with Gasteiger partial charge in [0, 0.05) is 55.5 Å². The SMILES string of the molecule is CC(CCN1Cc2cc(C#Cc3ccc(CN4CC[C@H](O)[C@H](F)C4)cc3)cn2C1=O)(C(=O)NO)S(C)(=O)=O. The van der Waals surface area contributed by atoms with E-state index >= 15 is 0 Å². The Kier molecular flexibility index (Phi) is 7.94. The first-order valence-electron chi connectivity index (χ1n) is 12.2. The van der Waals surface area contributed by atoms with Crippen LogP contribution in [0, 0.1) is 11.8 Å². The van der Waals surface area contributed by atoms with Crippen LogP contribution in [0.15, 0.2) is 36.5 Å². The summed E-state index contributed by atoms with van der Waals surface area (Å²) < 4.78 is 37.6. The Balaban J connectivity index is 1.36. The Bertz CT molecular complexity index is 1380. The number of carbonyl (C=O) groups is 2. The number of amides is 2. The van der Waals surface area contributed by atoms with Crippen LogP contribution in [0.3, 0.4) is 0 Å². The lowest BCUT2D eigenvalue weighted by molar-refractivity contribution is -0.131. The van der Waals surface area contributed by atoms with Gasteiger partial charge in [-0.1, -0.05) is 24.0 Å². The number of nitrogens with zero attached hydrogens (tertiary/aromatic N) is 3. The minimum atomic E-state index is -3.86. The minimum absolute atomic E-state index is 0.00879. The highest BCUT2D eigenvalue weighted by atomic mass is 32.2. The van der Waals surface area contributed by atoms with Crippen molar-refractivity contribution in [2.45, 2.75) is 49.9 Å². The van der Waals surface area contributed by atoms with Gasteiger partial charge in [0.2, 0.25) is 0 Å². The summed E-state index contributed by atoms with van der Waals surface area (Å²) in [4.78, 5) is 28.3. The topological polar surface area (TPSA) is 132 Å². The van der Waals surface area contributed by atoms with E-state index in [1.807, 2.05) is 29.2 Å². The number of hydroxylamine groups is 1. The monoisotopic (exact) mass is 546 g/mol.